The number of thiazole rings is 1. The van der Waals surface area contributed by atoms with E-state index < -0.39 is 11.8 Å². The van der Waals surface area contributed by atoms with Crippen molar-refractivity contribution in [2.24, 2.45) is 11.5 Å². The summed E-state index contributed by atoms with van der Waals surface area (Å²) < 4.78 is 2.02. The van der Waals surface area contributed by atoms with Gasteiger partial charge in [-0.25, -0.2) is 0 Å². The number of benzene rings is 2. The lowest BCUT2D eigenvalue weighted by Crippen LogP contribution is -2.41. The molecule has 1 atom stereocenters. The average molecular weight is 485 g/mol. The molecule has 35 heavy (non-hydrogen) atoms. The highest BCUT2D eigenvalue weighted by atomic mass is 32.1. The maximum atomic E-state index is 13.3. The molecule has 0 saturated heterocycles. The minimum Gasteiger partial charge on any atom is -0.384 e. The van der Waals surface area contributed by atoms with Gasteiger partial charge >= 0.3 is 0 Å². The fraction of sp³-hybridized carbons (Fsp3) is 0.250. The summed E-state index contributed by atoms with van der Waals surface area (Å²) in [6.07, 6.45) is 1.77. The van der Waals surface area contributed by atoms with E-state index in [9.17, 15) is 14.9 Å². The van der Waals surface area contributed by atoms with E-state index in [-0.39, 0.29) is 22.5 Å². The smallest absolute Gasteiger partial charge is 0.274 e. The Kier molecular flexibility index (Phi) is 6.51. The van der Waals surface area contributed by atoms with Crippen LogP contribution in [0.25, 0.3) is 17.5 Å². The van der Waals surface area contributed by atoms with Crippen LogP contribution in [0.2, 0.25) is 0 Å². The number of primary amides is 1. The zero-order valence-corrected chi connectivity index (χ0v) is 21.0. The highest BCUT2D eigenvalue weighted by molar-refractivity contribution is 7.07. The van der Waals surface area contributed by atoms with Gasteiger partial charge in [0.1, 0.15) is 10.5 Å². The number of nitrogens with zero attached hydrogens (tertiary/aromatic N) is 2. The summed E-state index contributed by atoms with van der Waals surface area (Å²) in [5.41, 5.74) is 16.1. The fourth-order valence-electron chi connectivity index (χ4n) is 4.32. The highest BCUT2D eigenvalue weighted by Crippen LogP contribution is 2.36. The van der Waals surface area contributed by atoms with Gasteiger partial charge in [0, 0.05) is 0 Å². The van der Waals surface area contributed by atoms with Crippen molar-refractivity contribution >= 4 is 34.7 Å². The summed E-state index contributed by atoms with van der Waals surface area (Å²) in [7, 11) is 0. The zero-order chi connectivity index (χ0) is 25.4. The van der Waals surface area contributed by atoms with Gasteiger partial charge in [-0.1, -0.05) is 76.2 Å². The normalized spacial score (nSPS) is 16.1. The van der Waals surface area contributed by atoms with E-state index in [1.807, 2.05) is 48.5 Å². The van der Waals surface area contributed by atoms with E-state index in [1.54, 1.807) is 6.08 Å². The second-order valence-electron chi connectivity index (χ2n) is 9.32. The Labute approximate surface area is 208 Å². The molecule has 1 aliphatic heterocycles. The number of hydrogen-bond donors (Lipinski definition) is 2. The molecule has 7 heteroatoms. The average Bonchev–Trinajstić information content (AvgIpc) is 3.14. The number of rotatable bonds is 5. The summed E-state index contributed by atoms with van der Waals surface area (Å²) in [5, 5.41) is 9.99. The molecule has 1 aliphatic rings. The Bertz CT molecular complexity index is 1550. The maximum Gasteiger partial charge on any atom is 0.274 e. The van der Waals surface area contributed by atoms with Gasteiger partial charge < -0.3 is 11.5 Å². The van der Waals surface area contributed by atoms with Gasteiger partial charge in [-0.2, -0.15) is 5.26 Å². The maximum absolute atomic E-state index is 13.3. The van der Waals surface area contributed by atoms with E-state index in [2.05, 4.69) is 33.8 Å². The predicted octanol–water partition coefficient (Wildman–Crippen LogP) is 3.07. The fourth-order valence-corrected chi connectivity index (χ4v) is 5.50. The SMILES string of the molecule is CC(C)c1ccc(C=c2sc3n(c2=O)C(N)=C(C#N)[C@@H](c2ccc(C(C)C)cc2)C=3C(N)=O)cc1. The van der Waals surface area contributed by atoms with Crippen LogP contribution >= 0.6 is 11.3 Å². The van der Waals surface area contributed by atoms with Crippen LogP contribution in [0.1, 0.15) is 67.7 Å². The topological polar surface area (TPSA) is 115 Å². The van der Waals surface area contributed by atoms with Gasteiger partial charge in [0.2, 0.25) is 5.91 Å². The molecule has 1 amide bonds. The lowest BCUT2D eigenvalue weighted by atomic mass is 9.83. The first-order valence-electron chi connectivity index (χ1n) is 11.5. The second kappa shape index (κ2) is 9.40. The van der Waals surface area contributed by atoms with Crippen molar-refractivity contribution < 1.29 is 4.79 Å². The minimum absolute atomic E-state index is 0.0292. The van der Waals surface area contributed by atoms with Crippen LogP contribution in [0.15, 0.2) is 58.9 Å². The van der Waals surface area contributed by atoms with Gasteiger partial charge in [0.25, 0.3) is 5.56 Å². The van der Waals surface area contributed by atoms with Crippen LogP contribution in [0.5, 0.6) is 0 Å². The van der Waals surface area contributed by atoms with Crippen molar-refractivity contribution in [1.82, 2.24) is 4.57 Å². The Morgan fingerprint density at radius 3 is 2.06 bits per heavy atom. The number of nitrogens with two attached hydrogens (primary N) is 2. The number of fused-ring (bicyclic) bond motifs is 1. The molecular formula is C28H28N4O2S. The van der Waals surface area contributed by atoms with Crippen LogP contribution in [-0.4, -0.2) is 10.5 Å². The molecule has 0 aliphatic carbocycles. The van der Waals surface area contributed by atoms with Crippen LogP contribution in [-0.2, 0) is 4.79 Å². The van der Waals surface area contributed by atoms with Gasteiger partial charge in [-0.05, 0) is 40.2 Å². The monoisotopic (exact) mass is 484 g/mol. The Morgan fingerprint density at radius 1 is 1.03 bits per heavy atom. The standard InChI is InChI=1S/C28H28N4O2S/c1-15(2)18-7-5-17(6-8-18)13-22-27(34)32-25(30)21(14-29)23(24(26(31)33)28(32)35-22)20-11-9-19(10-12-20)16(3)4/h5-13,15-16,23H,30H2,1-4H3,(H2,31,33)/t23-/m1/s1. The molecule has 3 aromatic rings. The number of nitriles is 1. The Hall–Kier alpha value is -3.89. The third-order valence-corrected chi connectivity index (χ3v) is 7.48. The summed E-state index contributed by atoms with van der Waals surface area (Å²) in [6, 6.07) is 17.8. The van der Waals surface area contributed by atoms with E-state index >= 15 is 0 Å². The molecule has 178 valence electrons. The van der Waals surface area contributed by atoms with Crippen LogP contribution < -0.4 is 26.2 Å². The molecule has 1 aromatic heterocycles. The molecular weight excluding hydrogens is 456 g/mol. The van der Waals surface area contributed by atoms with Gasteiger partial charge in [-0.15, -0.1) is 11.3 Å². The summed E-state index contributed by atoms with van der Waals surface area (Å²) in [6.45, 7) is 8.42. The van der Waals surface area contributed by atoms with Crippen LogP contribution in [0.3, 0.4) is 0 Å². The number of amides is 1. The number of carbonyl (C=O) groups excluding carboxylic acids is 1. The van der Waals surface area contributed by atoms with Crippen molar-refractivity contribution in [1.29, 1.82) is 5.26 Å². The molecule has 4 N–H and O–H groups in total. The summed E-state index contributed by atoms with van der Waals surface area (Å²) >= 11 is 1.16. The van der Waals surface area contributed by atoms with Gasteiger partial charge in [-0.3, -0.25) is 14.2 Å². The van der Waals surface area contributed by atoms with E-state index in [4.69, 9.17) is 11.5 Å². The molecule has 0 saturated carbocycles. The summed E-state index contributed by atoms with van der Waals surface area (Å²) in [5.74, 6) is -0.666. The third kappa shape index (κ3) is 4.33. The number of allylic oxidation sites excluding steroid dienone is 1. The Balaban J connectivity index is 1.97. The van der Waals surface area contributed by atoms with Crippen molar-refractivity contribution in [3.63, 3.8) is 0 Å². The predicted molar refractivity (Wildman–Crippen MR) is 141 cm³/mol. The Morgan fingerprint density at radius 2 is 1.57 bits per heavy atom. The van der Waals surface area contributed by atoms with Gasteiger partial charge in [0.15, 0.2) is 0 Å². The third-order valence-electron chi connectivity index (χ3n) is 6.37. The van der Waals surface area contributed by atoms with E-state index in [1.165, 1.54) is 10.1 Å². The molecule has 2 aromatic carbocycles. The van der Waals surface area contributed by atoms with Crippen molar-refractivity contribution in [3.05, 3.63) is 95.9 Å². The van der Waals surface area contributed by atoms with Crippen molar-refractivity contribution in [2.45, 2.75) is 45.4 Å². The molecule has 0 unspecified atom stereocenters. The molecule has 2 heterocycles. The molecule has 0 bridgehead atoms. The van der Waals surface area contributed by atoms with E-state index in [0.717, 1.165) is 28.0 Å². The lowest BCUT2D eigenvalue weighted by molar-refractivity contribution is -0.113. The molecule has 6 nitrogen and oxygen atoms in total. The number of carbonyl (C=O) groups is 1. The lowest BCUT2D eigenvalue weighted by Gasteiger charge is -2.24. The second-order valence-corrected chi connectivity index (χ2v) is 10.4. The van der Waals surface area contributed by atoms with Crippen molar-refractivity contribution in [2.75, 3.05) is 0 Å². The molecule has 0 radical (unpaired) electrons. The minimum atomic E-state index is -0.741. The van der Waals surface area contributed by atoms with Crippen molar-refractivity contribution in [3.8, 4) is 6.07 Å². The quantitative estimate of drug-likeness (QED) is 0.579. The first-order valence-corrected chi connectivity index (χ1v) is 12.3. The van der Waals surface area contributed by atoms with Gasteiger partial charge in [0.05, 0.1) is 27.7 Å². The molecule has 4 rings (SSSR count). The van der Waals surface area contributed by atoms with Crippen LogP contribution in [0, 0.1) is 11.3 Å². The van der Waals surface area contributed by atoms with E-state index in [0.29, 0.717) is 21.0 Å². The highest BCUT2D eigenvalue weighted by Gasteiger charge is 2.34. The zero-order valence-electron chi connectivity index (χ0n) is 20.2. The largest absolute Gasteiger partial charge is 0.384 e. The first-order chi connectivity index (χ1) is 16.6. The van der Waals surface area contributed by atoms with Crippen LogP contribution in [0.4, 0.5) is 0 Å². The summed E-state index contributed by atoms with van der Waals surface area (Å²) in [4.78, 5) is 26.1. The molecule has 0 fully saturated rings. The number of aromatic nitrogens is 1. The number of hydrogen-bond acceptors (Lipinski definition) is 5. The molecule has 0 spiro atoms. The first kappa shape index (κ1) is 24.2.